The Labute approximate surface area is 367 Å². The summed E-state index contributed by atoms with van der Waals surface area (Å²) in [5.74, 6) is 2.26. The summed E-state index contributed by atoms with van der Waals surface area (Å²) in [6.45, 7) is 10.4. The second kappa shape index (κ2) is 22.6. The van der Waals surface area contributed by atoms with Crippen molar-refractivity contribution >= 4 is 11.6 Å². The summed E-state index contributed by atoms with van der Waals surface area (Å²) in [6.07, 6.45) is 3.66. The number of carbonyl (C=O) groups excluding carboxylic acids is 2. The van der Waals surface area contributed by atoms with E-state index in [0.717, 1.165) is 47.9 Å². The molecule has 0 aromatic heterocycles. The van der Waals surface area contributed by atoms with Crippen LogP contribution in [0.4, 0.5) is 0 Å². The summed E-state index contributed by atoms with van der Waals surface area (Å²) in [5.41, 5.74) is 4.68. The van der Waals surface area contributed by atoms with Gasteiger partial charge in [-0.1, -0.05) is 134 Å². The third kappa shape index (κ3) is 15.4. The maximum absolute atomic E-state index is 13.6. The molecule has 0 atom stereocenters. The van der Waals surface area contributed by atoms with E-state index >= 15 is 0 Å². The van der Waals surface area contributed by atoms with Crippen molar-refractivity contribution in [2.75, 3.05) is 13.1 Å². The topological polar surface area (TPSA) is 95.1 Å². The molecule has 0 spiro atoms. The van der Waals surface area contributed by atoms with E-state index < -0.39 is 0 Å². The molecule has 6 aromatic rings. The average molecular weight is 833 g/mol. The fraction of sp³-hybridized carbons (Fsp3) is 0.296. The second-order valence-electron chi connectivity index (χ2n) is 17.0. The molecule has 6 aromatic carbocycles. The summed E-state index contributed by atoms with van der Waals surface area (Å²) in [4.78, 5) is 27.3. The normalized spacial score (nSPS) is 11.5. The van der Waals surface area contributed by atoms with Gasteiger partial charge < -0.3 is 29.6 Å². The monoisotopic (exact) mass is 832 g/mol. The van der Waals surface area contributed by atoms with Crippen molar-refractivity contribution in [1.29, 1.82) is 0 Å². The fourth-order valence-corrected chi connectivity index (χ4v) is 6.92. The van der Waals surface area contributed by atoms with Gasteiger partial charge in [-0.3, -0.25) is 9.59 Å². The first-order valence-electron chi connectivity index (χ1n) is 21.5. The van der Waals surface area contributed by atoms with Gasteiger partial charge in [0, 0.05) is 34.3 Å². The predicted molar refractivity (Wildman–Crippen MR) is 247 cm³/mol. The molecule has 8 nitrogen and oxygen atoms in total. The number of benzene rings is 6. The van der Waals surface area contributed by atoms with E-state index in [2.05, 4.69) is 38.3 Å². The summed E-state index contributed by atoms with van der Waals surface area (Å²) >= 11 is 0. The van der Waals surface area contributed by atoms with Crippen LogP contribution in [0.15, 0.2) is 158 Å². The molecule has 0 aliphatic carbocycles. The van der Waals surface area contributed by atoms with Crippen molar-refractivity contribution in [3.05, 3.63) is 191 Å². The average Bonchev–Trinajstić information content (AvgIpc) is 3.30. The lowest BCUT2D eigenvalue weighted by Crippen LogP contribution is -2.43. The van der Waals surface area contributed by atoms with Gasteiger partial charge in [-0.15, -0.1) is 0 Å². The molecular weight excluding hydrogens is 773 g/mol. The third-order valence-electron chi connectivity index (χ3n) is 10.7. The minimum atomic E-state index is -0.273. The first-order chi connectivity index (χ1) is 30.0. The van der Waals surface area contributed by atoms with Crippen LogP contribution in [0, 0.1) is 0 Å². The van der Waals surface area contributed by atoms with Crippen molar-refractivity contribution in [3.8, 4) is 23.0 Å². The Balaban J connectivity index is 0.980. The lowest BCUT2D eigenvalue weighted by atomic mass is 9.91. The summed E-state index contributed by atoms with van der Waals surface area (Å²) in [5, 5.41) is 7.00. The van der Waals surface area contributed by atoms with Crippen LogP contribution in [-0.4, -0.2) is 35.7 Å². The summed E-state index contributed by atoms with van der Waals surface area (Å²) in [6, 6.07) is 50.7. The number of hydrogen-bond acceptors (Lipinski definition) is 8. The van der Waals surface area contributed by atoms with Gasteiger partial charge in [-0.25, -0.2) is 0 Å². The molecule has 8 heteroatoms. The third-order valence-corrected chi connectivity index (χ3v) is 10.7. The Kier molecular flexibility index (Phi) is 16.5. The highest BCUT2D eigenvalue weighted by Gasteiger charge is 2.23. The van der Waals surface area contributed by atoms with E-state index in [9.17, 15) is 9.59 Å². The molecule has 0 radical (unpaired) electrons. The van der Waals surface area contributed by atoms with Crippen molar-refractivity contribution in [1.82, 2.24) is 10.6 Å². The number of unbranched alkanes of at least 4 members (excludes halogenated alkanes) is 1. The van der Waals surface area contributed by atoms with Gasteiger partial charge in [0.05, 0.1) is 13.1 Å². The van der Waals surface area contributed by atoms with Crippen molar-refractivity contribution < 1.29 is 28.5 Å². The highest BCUT2D eigenvalue weighted by Crippen LogP contribution is 2.28. The molecular formula is C54H60N2O6. The van der Waals surface area contributed by atoms with E-state index in [-0.39, 0.29) is 35.7 Å². The quantitative estimate of drug-likeness (QED) is 0.0435. The van der Waals surface area contributed by atoms with Crippen molar-refractivity contribution in [2.24, 2.45) is 0 Å². The zero-order valence-corrected chi connectivity index (χ0v) is 36.5. The Bertz CT molecular complexity index is 2010. The van der Waals surface area contributed by atoms with Crippen molar-refractivity contribution in [2.45, 2.75) is 90.9 Å². The number of nitrogens with one attached hydrogen (secondary N) is 2. The van der Waals surface area contributed by atoms with Crippen LogP contribution in [0.5, 0.6) is 23.0 Å². The second-order valence-corrected chi connectivity index (χ2v) is 17.0. The van der Waals surface area contributed by atoms with Crippen LogP contribution >= 0.6 is 0 Å². The number of hydrogen-bond donors (Lipinski definition) is 2. The molecule has 0 saturated heterocycles. The minimum absolute atomic E-state index is 0.0361. The molecule has 2 N–H and O–H groups in total. The van der Waals surface area contributed by atoms with Crippen LogP contribution in [0.1, 0.15) is 96.3 Å². The van der Waals surface area contributed by atoms with Gasteiger partial charge in [0.2, 0.25) is 0 Å². The number of ketones is 2. The Hall–Kier alpha value is -6.22. The molecule has 0 amide bonds. The van der Waals surface area contributed by atoms with E-state index in [1.165, 1.54) is 0 Å². The molecule has 6 rings (SSSR count). The smallest absolute Gasteiger partial charge is 0.176 e. The van der Waals surface area contributed by atoms with Gasteiger partial charge in [0.1, 0.15) is 49.4 Å². The zero-order valence-electron chi connectivity index (χ0n) is 36.5. The van der Waals surface area contributed by atoms with Gasteiger partial charge >= 0.3 is 0 Å². The van der Waals surface area contributed by atoms with E-state index in [4.69, 9.17) is 18.9 Å². The van der Waals surface area contributed by atoms with E-state index in [1.807, 2.05) is 133 Å². The molecule has 0 heterocycles. The number of rotatable bonds is 25. The molecule has 0 fully saturated rings. The minimum Gasteiger partial charge on any atom is -0.489 e. The molecule has 0 aliphatic rings. The predicted octanol–water partition coefficient (Wildman–Crippen LogP) is 11.4. The standard InChI is InChI=1S/C54H60N2O6/c1-53(2,55-35-51(57)45-29-47(59-37-41-19-9-5-10-20-41)33-48(30-45)60-38-42-21-11-6-12-22-42)27-17-18-28-54(3,4)56-36-52(58)46-31-49(61-39-43-23-13-7-14-24-43)34-50(32-46)62-40-44-25-15-8-16-26-44/h5-16,19-26,29-34,55-56H,17-18,27-28,35-40H2,1-4H3. The summed E-state index contributed by atoms with van der Waals surface area (Å²) in [7, 11) is 0. The first-order valence-corrected chi connectivity index (χ1v) is 21.5. The SMILES string of the molecule is CC(C)(CCCCC(C)(C)NCC(=O)c1cc(OCc2ccccc2)cc(OCc2ccccc2)c1)NCC(=O)c1cc(OCc2ccccc2)cc(OCc2ccccc2)c1. The van der Waals surface area contributed by atoms with Crippen LogP contribution in [-0.2, 0) is 26.4 Å². The molecule has 0 aliphatic heterocycles. The van der Waals surface area contributed by atoms with Crippen LogP contribution in [0.25, 0.3) is 0 Å². The molecule has 62 heavy (non-hydrogen) atoms. The van der Waals surface area contributed by atoms with Crippen molar-refractivity contribution in [3.63, 3.8) is 0 Å². The fourth-order valence-electron chi connectivity index (χ4n) is 6.92. The van der Waals surface area contributed by atoms with Gasteiger partial charge in [0.25, 0.3) is 0 Å². The molecule has 0 unspecified atom stereocenters. The Morgan fingerprint density at radius 3 is 0.919 bits per heavy atom. The highest BCUT2D eigenvalue weighted by molar-refractivity contribution is 5.99. The van der Waals surface area contributed by atoms with Gasteiger partial charge in [-0.2, -0.15) is 0 Å². The lowest BCUT2D eigenvalue weighted by Gasteiger charge is -2.29. The van der Waals surface area contributed by atoms with E-state index in [0.29, 0.717) is 60.6 Å². The van der Waals surface area contributed by atoms with Gasteiger partial charge in [0.15, 0.2) is 11.6 Å². The first kappa shape index (κ1) is 45.3. The summed E-state index contributed by atoms with van der Waals surface area (Å²) < 4.78 is 24.5. The van der Waals surface area contributed by atoms with Crippen LogP contribution < -0.4 is 29.6 Å². The molecule has 0 bridgehead atoms. The maximum Gasteiger partial charge on any atom is 0.176 e. The maximum atomic E-state index is 13.6. The number of carbonyl (C=O) groups is 2. The lowest BCUT2D eigenvalue weighted by molar-refractivity contribution is 0.0969. The highest BCUT2D eigenvalue weighted by atomic mass is 16.5. The number of ether oxygens (including phenoxy) is 4. The Morgan fingerprint density at radius 1 is 0.403 bits per heavy atom. The van der Waals surface area contributed by atoms with E-state index in [1.54, 1.807) is 24.3 Å². The molecule has 0 saturated carbocycles. The van der Waals surface area contributed by atoms with Crippen LogP contribution in [0.3, 0.4) is 0 Å². The zero-order chi connectivity index (χ0) is 43.6. The Morgan fingerprint density at radius 2 is 0.661 bits per heavy atom. The molecule has 322 valence electrons. The largest absolute Gasteiger partial charge is 0.489 e. The van der Waals surface area contributed by atoms with Crippen LogP contribution in [0.2, 0.25) is 0 Å². The number of Topliss-reactive ketones (excluding diaryl/α,β-unsaturated/α-hetero) is 2. The van der Waals surface area contributed by atoms with Gasteiger partial charge in [-0.05, 0) is 87.1 Å².